The second kappa shape index (κ2) is 19.3. The smallest absolute Gasteiger partial charge is 0.149 e. The second-order valence-electron chi connectivity index (χ2n) is 22.3. The summed E-state index contributed by atoms with van der Waals surface area (Å²) in [6.07, 6.45) is 1.88. The van der Waals surface area contributed by atoms with Crippen LogP contribution in [0.15, 0.2) is 188 Å². The summed E-state index contributed by atoms with van der Waals surface area (Å²) in [4.78, 5) is 10.6. The molecule has 364 valence electrons. The Bertz CT molecular complexity index is 3760. The number of hydrogen-bond acceptors (Lipinski definition) is 3. The minimum absolute atomic E-state index is 0.00105. The molecule has 2 aromatic heterocycles. The molecule has 0 spiro atoms. The summed E-state index contributed by atoms with van der Waals surface area (Å²) < 4.78 is 29.9. The maximum Gasteiger partial charge on any atom is 0.149 e. The van der Waals surface area contributed by atoms with E-state index in [0.29, 0.717) is 28.1 Å². The summed E-state index contributed by atoms with van der Waals surface area (Å²) in [5.74, 6) is 0.717. The molecule has 0 atom stereocenters. The predicted molar refractivity (Wildman–Crippen MR) is 309 cm³/mol. The highest BCUT2D eigenvalue weighted by Crippen LogP contribution is 2.46. The number of pyridine rings is 1. The summed E-state index contributed by atoms with van der Waals surface area (Å²) in [5, 5.41) is 12.5. The van der Waals surface area contributed by atoms with Crippen LogP contribution in [0.25, 0.3) is 95.0 Å². The first-order valence-electron chi connectivity index (χ1n) is 27.2. The van der Waals surface area contributed by atoms with Gasteiger partial charge in [-0.05, 0) is 162 Å². The lowest BCUT2D eigenvalue weighted by Crippen LogP contribution is -2.13. The SMILES string of the molecule is [2H]C([2H])([2H])c1cc(-c2c(-c3ccccc3)cccc2C(C)(C)C)ccc1-n1c(-c2cc(C(C)C)cc(C(C)C)c2O)nc2c(-c3cc(-c4ccccc4)cc(-c4cc(-c5ccc(C(C)(C)C)cc5)ccn4)c3)cccc21. The monoisotopic (exact) mass is 957 g/mol. The first-order chi connectivity index (χ1) is 36.2. The lowest BCUT2D eigenvalue weighted by atomic mass is 9.78. The fraction of sp³-hybridized carbons (Fsp3) is 0.217. The van der Waals surface area contributed by atoms with Crippen LogP contribution in [0.2, 0.25) is 0 Å². The van der Waals surface area contributed by atoms with E-state index in [2.05, 4.69) is 197 Å². The molecule has 0 saturated heterocycles. The third-order valence-electron chi connectivity index (χ3n) is 14.4. The van der Waals surface area contributed by atoms with Crippen molar-refractivity contribution in [2.75, 3.05) is 0 Å². The zero-order valence-corrected chi connectivity index (χ0v) is 43.8. The van der Waals surface area contributed by atoms with Gasteiger partial charge in [0.1, 0.15) is 11.6 Å². The van der Waals surface area contributed by atoms with Gasteiger partial charge in [0.05, 0.1) is 28.0 Å². The number of phenols is 1. The van der Waals surface area contributed by atoms with Gasteiger partial charge in [-0.3, -0.25) is 9.55 Å². The number of para-hydroxylation sites is 1. The van der Waals surface area contributed by atoms with Crippen molar-refractivity contribution in [1.29, 1.82) is 0 Å². The van der Waals surface area contributed by atoms with Gasteiger partial charge < -0.3 is 5.11 Å². The quantitative estimate of drug-likeness (QED) is 0.149. The molecule has 0 aliphatic heterocycles. The van der Waals surface area contributed by atoms with Crippen LogP contribution in [-0.2, 0) is 10.8 Å². The van der Waals surface area contributed by atoms with Crippen LogP contribution in [-0.4, -0.2) is 19.6 Å². The van der Waals surface area contributed by atoms with Crippen molar-refractivity contribution in [3.63, 3.8) is 0 Å². The van der Waals surface area contributed by atoms with E-state index < -0.39 is 6.85 Å². The summed E-state index contributed by atoms with van der Waals surface area (Å²) in [6, 6.07) is 62.8. The standard InChI is InChI=1S/C69H67N3O/c1-43(2)51-40-58(44(3)4)66(73)59(41-51)67-71-65-57(53-37-52(46-20-14-12-15-21-46)38-54(39-53)61-42-49(34-35-70-61)47-28-31-55(32-29-47)68(6,7)8)25-19-27-63(65)72(67)62-33-30-50(36-45(62)5)64-56(48-22-16-13-17-23-48)24-18-26-60(64)69(9,10)11/h12-44,73H,1-11H3/i5D3. The molecule has 10 rings (SSSR count). The Morgan fingerprint density at radius 1 is 0.507 bits per heavy atom. The Morgan fingerprint density at radius 2 is 1.15 bits per heavy atom. The van der Waals surface area contributed by atoms with Crippen LogP contribution >= 0.6 is 0 Å². The highest BCUT2D eigenvalue weighted by Gasteiger charge is 2.27. The Balaban J connectivity index is 1.24. The average molecular weight is 957 g/mol. The minimum atomic E-state index is -2.56. The summed E-state index contributed by atoms with van der Waals surface area (Å²) >= 11 is 0. The molecular weight excluding hydrogens is 887 g/mol. The number of aromatic hydroxyl groups is 1. The average Bonchev–Trinajstić information content (AvgIpc) is 3.80. The third kappa shape index (κ3) is 9.55. The number of rotatable bonds is 10. The number of aromatic nitrogens is 3. The maximum absolute atomic E-state index is 12.5. The number of imidazole rings is 1. The van der Waals surface area contributed by atoms with Crippen LogP contribution in [0.4, 0.5) is 0 Å². The number of phenolic OH excluding ortho intramolecular Hbond substituents is 1. The van der Waals surface area contributed by atoms with Gasteiger partial charge in [0.15, 0.2) is 0 Å². The molecule has 0 saturated carbocycles. The van der Waals surface area contributed by atoms with Crippen LogP contribution < -0.4 is 0 Å². The van der Waals surface area contributed by atoms with Gasteiger partial charge in [-0.2, -0.15) is 0 Å². The fourth-order valence-corrected chi connectivity index (χ4v) is 10.3. The number of fused-ring (bicyclic) bond motifs is 1. The van der Waals surface area contributed by atoms with Gasteiger partial charge in [-0.1, -0.05) is 197 Å². The van der Waals surface area contributed by atoms with E-state index >= 15 is 0 Å². The maximum atomic E-state index is 12.5. The molecule has 1 N–H and O–H groups in total. The lowest BCUT2D eigenvalue weighted by molar-refractivity contribution is 0.466. The summed E-state index contributed by atoms with van der Waals surface area (Å²) in [7, 11) is 0. The van der Waals surface area contributed by atoms with Crippen molar-refractivity contribution in [2.45, 2.75) is 98.8 Å². The van der Waals surface area contributed by atoms with Crippen molar-refractivity contribution in [3.8, 4) is 89.7 Å². The molecule has 4 nitrogen and oxygen atoms in total. The summed E-state index contributed by atoms with van der Waals surface area (Å²) in [5.41, 5.74) is 18.3. The van der Waals surface area contributed by atoms with Gasteiger partial charge in [0.2, 0.25) is 0 Å². The Labute approximate surface area is 437 Å². The molecule has 0 fully saturated rings. The largest absolute Gasteiger partial charge is 0.507 e. The fourth-order valence-electron chi connectivity index (χ4n) is 10.3. The zero-order valence-electron chi connectivity index (χ0n) is 46.8. The Kier molecular flexibility index (Phi) is 11.9. The molecule has 0 radical (unpaired) electrons. The van der Waals surface area contributed by atoms with Gasteiger partial charge in [0.25, 0.3) is 0 Å². The highest BCUT2D eigenvalue weighted by atomic mass is 16.3. The molecule has 4 heteroatoms. The van der Waals surface area contributed by atoms with Crippen molar-refractivity contribution >= 4 is 11.0 Å². The molecule has 73 heavy (non-hydrogen) atoms. The zero-order chi connectivity index (χ0) is 53.8. The number of nitrogens with zero attached hydrogens (tertiary/aromatic N) is 3. The van der Waals surface area contributed by atoms with E-state index in [0.717, 1.165) is 83.6 Å². The predicted octanol–water partition coefficient (Wildman–Crippen LogP) is 18.9. The highest BCUT2D eigenvalue weighted by molar-refractivity contribution is 5.98. The van der Waals surface area contributed by atoms with Crippen molar-refractivity contribution in [3.05, 3.63) is 216 Å². The molecule has 8 aromatic carbocycles. The molecule has 0 unspecified atom stereocenters. The normalized spacial score (nSPS) is 12.8. The van der Waals surface area contributed by atoms with Crippen LogP contribution in [0, 0.1) is 6.85 Å². The molecule has 0 amide bonds. The Morgan fingerprint density at radius 3 is 1.82 bits per heavy atom. The van der Waals surface area contributed by atoms with Crippen LogP contribution in [0.1, 0.15) is 113 Å². The molecule has 0 bridgehead atoms. The van der Waals surface area contributed by atoms with E-state index in [1.54, 1.807) is 0 Å². The molecule has 0 aliphatic carbocycles. The number of hydrogen-bond donors (Lipinski definition) is 1. The lowest BCUT2D eigenvalue weighted by Gasteiger charge is -2.26. The molecule has 0 aliphatic rings. The van der Waals surface area contributed by atoms with E-state index in [4.69, 9.17) is 9.97 Å². The molecular formula is C69H67N3O. The van der Waals surface area contributed by atoms with E-state index in [9.17, 15) is 9.22 Å². The first kappa shape index (κ1) is 45.1. The second-order valence-corrected chi connectivity index (χ2v) is 22.3. The molecule has 10 aromatic rings. The van der Waals surface area contributed by atoms with Gasteiger partial charge in [-0.25, -0.2) is 4.98 Å². The van der Waals surface area contributed by atoms with Crippen LogP contribution in [0.5, 0.6) is 5.75 Å². The third-order valence-corrected chi connectivity index (χ3v) is 14.4. The number of aryl methyl sites for hydroxylation is 1. The van der Waals surface area contributed by atoms with E-state index in [-0.39, 0.29) is 34.0 Å². The Hall–Kier alpha value is -7.82. The first-order valence-corrected chi connectivity index (χ1v) is 25.7. The van der Waals surface area contributed by atoms with Crippen LogP contribution in [0.3, 0.4) is 0 Å². The van der Waals surface area contributed by atoms with Crippen molar-refractivity contribution in [1.82, 2.24) is 14.5 Å². The van der Waals surface area contributed by atoms with Gasteiger partial charge >= 0.3 is 0 Å². The van der Waals surface area contributed by atoms with E-state index in [1.165, 1.54) is 5.56 Å². The molecule has 2 heterocycles. The minimum Gasteiger partial charge on any atom is -0.507 e. The van der Waals surface area contributed by atoms with E-state index in [1.807, 2.05) is 65.4 Å². The van der Waals surface area contributed by atoms with Crippen molar-refractivity contribution < 1.29 is 9.22 Å². The van der Waals surface area contributed by atoms with Gasteiger partial charge in [0, 0.05) is 21.4 Å². The summed E-state index contributed by atoms with van der Waals surface area (Å²) in [6.45, 7) is 19.2. The number of benzene rings is 8. The van der Waals surface area contributed by atoms with Crippen molar-refractivity contribution in [2.24, 2.45) is 0 Å². The van der Waals surface area contributed by atoms with Gasteiger partial charge in [-0.15, -0.1) is 0 Å². The topological polar surface area (TPSA) is 50.9 Å².